The maximum absolute atomic E-state index is 13.0. The SMILES string of the molecule is COc1ccc(CSC2CCCCC2CC(=O)NC2CCC(Nc3nccc(N(C)C)n3)CC2)cc1. The van der Waals surface area contributed by atoms with Gasteiger partial charge in [-0.05, 0) is 68.2 Å². The van der Waals surface area contributed by atoms with Crippen LogP contribution in [0.2, 0.25) is 0 Å². The number of hydrogen-bond donors (Lipinski definition) is 2. The van der Waals surface area contributed by atoms with Crippen LogP contribution in [0.25, 0.3) is 0 Å². The van der Waals surface area contributed by atoms with Crippen LogP contribution in [-0.4, -0.2) is 54.4 Å². The number of hydrogen-bond acceptors (Lipinski definition) is 7. The fraction of sp³-hybridized carbons (Fsp3) is 0.607. The molecule has 196 valence electrons. The Balaban J connectivity index is 1.20. The zero-order valence-corrected chi connectivity index (χ0v) is 22.7. The lowest BCUT2D eigenvalue weighted by molar-refractivity contribution is -0.123. The first-order valence-corrected chi connectivity index (χ1v) is 14.4. The summed E-state index contributed by atoms with van der Waals surface area (Å²) >= 11 is 2.02. The number of aromatic nitrogens is 2. The monoisotopic (exact) mass is 511 g/mol. The van der Waals surface area contributed by atoms with Gasteiger partial charge in [0, 0.05) is 49.8 Å². The molecule has 2 aliphatic carbocycles. The normalized spacial score (nSPS) is 24.1. The number of carbonyl (C=O) groups excluding carboxylic acids is 1. The Morgan fingerprint density at radius 1 is 1.03 bits per heavy atom. The molecule has 0 bridgehead atoms. The van der Waals surface area contributed by atoms with Crippen molar-refractivity contribution in [3.8, 4) is 5.75 Å². The Morgan fingerprint density at radius 2 is 1.75 bits per heavy atom. The summed E-state index contributed by atoms with van der Waals surface area (Å²) < 4.78 is 5.27. The molecule has 7 nitrogen and oxygen atoms in total. The Hall–Kier alpha value is -2.48. The predicted octanol–water partition coefficient (Wildman–Crippen LogP) is 5.27. The van der Waals surface area contributed by atoms with Gasteiger partial charge in [-0.1, -0.05) is 25.0 Å². The van der Waals surface area contributed by atoms with Crippen molar-refractivity contribution in [2.24, 2.45) is 5.92 Å². The van der Waals surface area contributed by atoms with Crippen molar-refractivity contribution in [3.05, 3.63) is 42.1 Å². The lowest BCUT2D eigenvalue weighted by Gasteiger charge is -2.33. The number of carbonyl (C=O) groups is 1. The van der Waals surface area contributed by atoms with E-state index in [0.29, 0.717) is 29.6 Å². The first-order chi connectivity index (χ1) is 17.5. The first-order valence-electron chi connectivity index (χ1n) is 13.3. The number of methoxy groups -OCH3 is 1. The van der Waals surface area contributed by atoms with Gasteiger partial charge in [0.05, 0.1) is 7.11 Å². The van der Waals surface area contributed by atoms with E-state index in [2.05, 4.69) is 32.7 Å². The van der Waals surface area contributed by atoms with Gasteiger partial charge >= 0.3 is 0 Å². The molecule has 36 heavy (non-hydrogen) atoms. The van der Waals surface area contributed by atoms with E-state index in [1.807, 2.05) is 49.0 Å². The average molecular weight is 512 g/mol. The molecule has 1 aromatic heterocycles. The Bertz CT molecular complexity index is 963. The molecule has 0 aliphatic heterocycles. The number of benzene rings is 1. The molecule has 8 heteroatoms. The maximum Gasteiger partial charge on any atom is 0.224 e. The Labute approximate surface area is 220 Å². The van der Waals surface area contributed by atoms with Crippen LogP contribution in [0.5, 0.6) is 5.75 Å². The summed E-state index contributed by atoms with van der Waals surface area (Å²) in [5.74, 6) is 4.18. The highest BCUT2D eigenvalue weighted by molar-refractivity contribution is 7.99. The third-order valence-corrected chi connectivity index (χ3v) is 8.98. The van der Waals surface area contributed by atoms with Gasteiger partial charge in [-0.15, -0.1) is 0 Å². The fourth-order valence-corrected chi connectivity index (χ4v) is 6.75. The second-order valence-corrected chi connectivity index (χ2v) is 11.6. The van der Waals surface area contributed by atoms with Crippen molar-refractivity contribution in [2.45, 2.75) is 80.9 Å². The predicted molar refractivity (Wildman–Crippen MR) is 149 cm³/mol. The van der Waals surface area contributed by atoms with Crippen molar-refractivity contribution < 1.29 is 9.53 Å². The second-order valence-electron chi connectivity index (χ2n) is 10.3. The molecule has 2 atom stereocenters. The van der Waals surface area contributed by atoms with Crippen LogP contribution >= 0.6 is 11.8 Å². The van der Waals surface area contributed by atoms with Crippen molar-refractivity contribution >= 4 is 29.4 Å². The third-order valence-electron chi connectivity index (χ3n) is 7.43. The van der Waals surface area contributed by atoms with Gasteiger partial charge < -0.3 is 20.3 Å². The summed E-state index contributed by atoms with van der Waals surface area (Å²) in [5.41, 5.74) is 1.32. The highest BCUT2D eigenvalue weighted by Gasteiger charge is 2.29. The van der Waals surface area contributed by atoms with Gasteiger partial charge in [0.1, 0.15) is 11.6 Å². The summed E-state index contributed by atoms with van der Waals surface area (Å²) in [6, 6.07) is 10.9. The molecule has 2 fully saturated rings. The largest absolute Gasteiger partial charge is 0.497 e. The number of amides is 1. The molecule has 0 spiro atoms. The number of anilines is 2. The lowest BCUT2D eigenvalue weighted by Crippen LogP contribution is -2.41. The molecule has 2 aliphatic rings. The summed E-state index contributed by atoms with van der Waals surface area (Å²) in [7, 11) is 5.66. The summed E-state index contributed by atoms with van der Waals surface area (Å²) in [4.78, 5) is 23.9. The van der Waals surface area contributed by atoms with Crippen molar-refractivity contribution in [2.75, 3.05) is 31.4 Å². The van der Waals surface area contributed by atoms with Crippen LogP contribution in [0.3, 0.4) is 0 Å². The molecule has 2 unspecified atom stereocenters. The number of ether oxygens (including phenoxy) is 1. The van der Waals surface area contributed by atoms with Gasteiger partial charge in [0.2, 0.25) is 11.9 Å². The average Bonchev–Trinajstić information content (AvgIpc) is 2.90. The van der Waals surface area contributed by atoms with Crippen molar-refractivity contribution in [3.63, 3.8) is 0 Å². The molecule has 1 amide bonds. The number of thioether (sulfide) groups is 1. The number of rotatable bonds is 10. The minimum absolute atomic E-state index is 0.232. The topological polar surface area (TPSA) is 79.4 Å². The van der Waals surface area contributed by atoms with Gasteiger partial charge in [0.15, 0.2) is 0 Å². The fourth-order valence-electron chi connectivity index (χ4n) is 5.31. The third kappa shape index (κ3) is 7.76. The van der Waals surface area contributed by atoms with Crippen molar-refractivity contribution in [1.29, 1.82) is 0 Å². The van der Waals surface area contributed by atoms with Crippen LogP contribution in [0.15, 0.2) is 36.5 Å². The molecular formula is C28H41N5O2S. The van der Waals surface area contributed by atoms with E-state index in [-0.39, 0.29) is 11.9 Å². The van der Waals surface area contributed by atoms with E-state index in [1.165, 1.54) is 24.8 Å². The minimum atomic E-state index is 0.232. The van der Waals surface area contributed by atoms with Gasteiger partial charge in [-0.3, -0.25) is 4.79 Å². The van der Waals surface area contributed by atoms with E-state index in [1.54, 1.807) is 13.3 Å². The quantitative estimate of drug-likeness (QED) is 0.450. The summed E-state index contributed by atoms with van der Waals surface area (Å²) in [6.45, 7) is 0. The van der Waals surface area contributed by atoms with Gasteiger partial charge in [0.25, 0.3) is 0 Å². The van der Waals surface area contributed by atoms with Crippen LogP contribution in [0.4, 0.5) is 11.8 Å². The molecule has 0 radical (unpaired) electrons. The van der Waals surface area contributed by atoms with Crippen LogP contribution < -0.4 is 20.3 Å². The number of nitrogens with one attached hydrogen (secondary N) is 2. The minimum Gasteiger partial charge on any atom is -0.497 e. The van der Waals surface area contributed by atoms with Gasteiger partial charge in [-0.2, -0.15) is 16.7 Å². The first kappa shape index (κ1) is 26.6. The smallest absolute Gasteiger partial charge is 0.224 e. The van der Waals surface area contributed by atoms with E-state index < -0.39 is 0 Å². The number of nitrogens with zero attached hydrogens (tertiary/aromatic N) is 3. The molecule has 4 rings (SSSR count). The van der Waals surface area contributed by atoms with E-state index in [0.717, 1.165) is 49.4 Å². The van der Waals surface area contributed by atoms with E-state index >= 15 is 0 Å². The van der Waals surface area contributed by atoms with Crippen molar-refractivity contribution in [1.82, 2.24) is 15.3 Å². The maximum atomic E-state index is 13.0. The molecular weight excluding hydrogens is 470 g/mol. The highest BCUT2D eigenvalue weighted by Crippen LogP contribution is 2.37. The Kier molecular flexibility index (Phi) is 9.73. The van der Waals surface area contributed by atoms with Crippen LogP contribution in [0, 0.1) is 5.92 Å². The molecule has 0 saturated heterocycles. The zero-order valence-electron chi connectivity index (χ0n) is 21.9. The molecule has 2 N–H and O–H groups in total. The molecule has 2 aromatic rings. The van der Waals surface area contributed by atoms with Gasteiger partial charge in [-0.25, -0.2) is 4.98 Å². The Morgan fingerprint density at radius 3 is 2.47 bits per heavy atom. The van der Waals surface area contributed by atoms with E-state index in [9.17, 15) is 4.79 Å². The molecule has 2 saturated carbocycles. The second kappa shape index (κ2) is 13.2. The standard InChI is InChI=1S/C28H41N5O2S/c1-33(2)26-16-17-29-28(32-26)31-23-12-10-22(11-13-23)30-27(34)18-21-6-4-5-7-25(21)36-19-20-8-14-24(35-3)15-9-20/h8-9,14-17,21-23,25H,4-7,10-13,18-19H2,1-3H3,(H,30,34)(H,29,31,32). The van der Waals surface area contributed by atoms with E-state index in [4.69, 9.17) is 4.74 Å². The summed E-state index contributed by atoms with van der Waals surface area (Å²) in [6.07, 6.45) is 11.4. The molecule has 1 heterocycles. The summed E-state index contributed by atoms with van der Waals surface area (Å²) in [5, 5.41) is 7.40. The zero-order chi connectivity index (χ0) is 25.3. The lowest BCUT2D eigenvalue weighted by atomic mass is 9.85. The molecule has 1 aromatic carbocycles. The highest BCUT2D eigenvalue weighted by atomic mass is 32.2. The van der Waals surface area contributed by atoms with Crippen LogP contribution in [-0.2, 0) is 10.5 Å². The van der Waals surface area contributed by atoms with Crippen LogP contribution in [0.1, 0.15) is 63.4 Å².